The Kier molecular flexibility index (Phi) is 4.56. The lowest BCUT2D eigenvalue weighted by Gasteiger charge is -2.33. The van der Waals surface area contributed by atoms with Gasteiger partial charge in [-0.3, -0.25) is 9.59 Å². The molecule has 1 N–H and O–H groups in total. The van der Waals surface area contributed by atoms with Crippen molar-refractivity contribution in [2.24, 2.45) is 0 Å². The van der Waals surface area contributed by atoms with E-state index in [1.54, 1.807) is 0 Å². The van der Waals surface area contributed by atoms with Gasteiger partial charge in [-0.15, -0.1) is 0 Å². The highest BCUT2D eigenvalue weighted by Gasteiger charge is 2.25. The molecule has 1 aliphatic heterocycles. The fourth-order valence-corrected chi connectivity index (χ4v) is 2.51. The molecule has 2 amide bonds. The summed E-state index contributed by atoms with van der Waals surface area (Å²) in [4.78, 5) is 25.2. The molecule has 1 unspecified atom stereocenters. The largest absolute Gasteiger partial charge is 0.352 e. The number of para-hydroxylation sites is 1. The molecule has 0 spiro atoms. The first-order valence-corrected chi connectivity index (χ1v) is 6.93. The first-order valence-electron chi connectivity index (χ1n) is 6.93. The minimum atomic E-state index is -0.245. The van der Waals surface area contributed by atoms with Crippen LogP contribution < -0.4 is 10.2 Å². The zero-order valence-electron chi connectivity index (χ0n) is 11.8. The molecule has 4 nitrogen and oxygen atoms in total. The van der Waals surface area contributed by atoms with Crippen molar-refractivity contribution < 1.29 is 9.59 Å². The van der Waals surface area contributed by atoms with Crippen molar-refractivity contribution in [3.05, 3.63) is 42.5 Å². The van der Waals surface area contributed by atoms with Crippen LogP contribution in [0.25, 0.3) is 0 Å². The van der Waals surface area contributed by atoms with Crippen LogP contribution in [0.3, 0.4) is 0 Å². The van der Waals surface area contributed by atoms with Crippen LogP contribution in [0.5, 0.6) is 0 Å². The summed E-state index contributed by atoms with van der Waals surface area (Å²) >= 11 is 0. The average Bonchev–Trinajstić information content (AvgIpc) is 2.47. The van der Waals surface area contributed by atoms with E-state index in [4.69, 9.17) is 0 Å². The third-order valence-corrected chi connectivity index (χ3v) is 3.67. The number of hydrogen-bond donors (Lipinski definition) is 1. The Morgan fingerprint density at radius 2 is 2.20 bits per heavy atom. The lowest BCUT2D eigenvalue weighted by atomic mass is 9.91. The number of carbonyl (C=O) groups is 2. The summed E-state index contributed by atoms with van der Waals surface area (Å²) in [6.07, 6.45) is 2.49. The number of anilines is 1. The molecule has 1 heterocycles. The summed E-state index contributed by atoms with van der Waals surface area (Å²) in [5.41, 5.74) is 2.23. The van der Waals surface area contributed by atoms with Gasteiger partial charge in [0.05, 0.1) is 0 Å². The van der Waals surface area contributed by atoms with Gasteiger partial charge in [-0.25, -0.2) is 0 Å². The maximum absolute atomic E-state index is 12.3. The Hall–Kier alpha value is -2.10. The van der Waals surface area contributed by atoms with Gasteiger partial charge < -0.3 is 10.2 Å². The molecule has 20 heavy (non-hydrogen) atoms. The number of hydrogen-bond acceptors (Lipinski definition) is 2. The van der Waals surface area contributed by atoms with Gasteiger partial charge in [-0.05, 0) is 30.0 Å². The summed E-state index contributed by atoms with van der Waals surface area (Å²) in [6, 6.07) is 8.04. The van der Waals surface area contributed by atoms with Gasteiger partial charge in [0.15, 0.2) is 0 Å². The lowest BCUT2D eigenvalue weighted by Crippen LogP contribution is -2.38. The zero-order chi connectivity index (χ0) is 14.5. The molecule has 0 aromatic heterocycles. The fourth-order valence-electron chi connectivity index (χ4n) is 2.51. The molecule has 1 atom stereocenters. The van der Waals surface area contributed by atoms with Crippen LogP contribution in [0.15, 0.2) is 36.9 Å². The van der Waals surface area contributed by atoms with Crippen molar-refractivity contribution >= 4 is 17.5 Å². The average molecular weight is 272 g/mol. The topological polar surface area (TPSA) is 49.4 Å². The summed E-state index contributed by atoms with van der Waals surface area (Å²) in [7, 11) is 0. The van der Waals surface area contributed by atoms with E-state index in [1.165, 1.54) is 11.6 Å². The van der Waals surface area contributed by atoms with Gasteiger partial charge in [0.2, 0.25) is 11.8 Å². The predicted molar refractivity (Wildman–Crippen MR) is 79.7 cm³/mol. The SMILES string of the molecule is C=CC(=O)NCCC(=O)N1CCC(C)c2ccccc21. The van der Waals surface area contributed by atoms with Crippen molar-refractivity contribution in [1.82, 2.24) is 5.32 Å². The van der Waals surface area contributed by atoms with Gasteiger partial charge >= 0.3 is 0 Å². The van der Waals surface area contributed by atoms with Crippen molar-refractivity contribution in [2.45, 2.75) is 25.7 Å². The van der Waals surface area contributed by atoms with Crippen LogP contribution in [0.1, 0.15) is 31.2 Å². The third-order valence-electron chi connectivity index (χ3n) is 3.67. The minimum absolute atomic E-state index is 0.0497. The van der Waals surface area contributed by atoms with E-state index in [-0.39, 0.29) is 11.8 Å². The van der Waals surface area contributed by atoms with Gasteiger partial charge in [0.25, 0.3) is 0 Å². The molecular weight excluding hydrogens is 252 g/mol. The number of fused-ring (bicyclic) bond motifs is 1. The van der Waals surface area contributed by atoms with Crippen molar-refractivity contribution in [2.75, 3.05) is 18.0 Å². The number of rotatable bonds is 4. The molecule has 4 heteroatoms. The molecule has 0 radical (unpaired) electrons. The van der Waals surface area contributed by atoms with Crippen molar-refractivity contribution in [3.8, 4) is 0 Å². The quantitative estimate of drug-likeness (QED) is 0.854. The Balaban J connectivity index is 2.02. The molecule has 0 saturated carbocycles. The molecule has 1 aromatic rings. The highest BCUT2D eigenvalue weighted by Crippen LogP contribution is 2.34. The summed E-state index contributed by atoms with van der Waals surface area (Å²) in [6.45, 7) is 6.65. The van der Waals surface area contributed by atoms with Gasteiger partial charge in [-0.1, -0.05) is 31.7 Å². The Bertz CT molecular complexity index is 525. The number of amides is 2. The Morgan fingerprint density at radius 1 is 1.45 bits per heavy atom. The lowest BCUT2D eigenvalue weighted by molar-refractivity contribution is -0.119. The van der Waals surface area contributed by atoms with Gasteiger partial charge in [0.1, 0.15) is 0 Å². The number of benzene rings is 1. The molecule has 1 aromatic carbocycles. The maximum atomic E-state index is 12.3. The molecule has 1 aliphatic rings. The van der Waals surface area contributed by atoms with Crippen LogP contribution in [-0.4, -0.2) is 24.9 Å². The normalized spacial score (nSPS) is 17.2. The van der Waals surface area contributed by atoms with Gasteiger partial charge in [-0.2, -0.15) is 0 Å². The molecule has 0 saturated heterocycles. The van der Waals surface area contributed by atoms with Crippen LogP contribution in [-0.2, 0) is 9.59 Å². The highest BCUT2D eigenvalue weighted by molar-refractivity contribution is 5.95. The second-order valence-corrected chi connectivity index (χ2v) is 5.04. The second kappa shape index (κ2) is 6.37. The van der Waals surface area contributed by atoms with Crippen molar-refractivity contribution in [3.63, 3.8) is 0 Å². The molecule has 0 bridgehead atoms. The molecule has 0 aliphatic carbocycles. The Morgan fingerprint density at radius 3 is 2.95 bits per heavy atom. The van der Waals surface area contributed by atoms with Crippen molar-refractivity contribution in [1.29, 1.82) is 0 Å². The molecule has 106 valence electrons. The highest BCUT2D eigenvalue weighted by atomic mass is 16.2. The van der Waals surface area contributed by atoms with E-state index in [2.05, 4.69) is 24.9 Å². The van der Waals surface area contributed by atoms with Crippen LogP contribution in [0, 0.1) is 0 Å². The number of nitrogens with one attached hydrogen (secondary N) is 1. The third kappa shape index (κ3) is 3.07. The summed E-state index contributed by atoms with van der Waals surface area (Å²) in [5, 5.41) is 2.63. The van der Waals surface area contributed by atoms with Crippen LogP contribution >= 0.6 is 0 Å². The summed E-state index contributed by atoms with van der Waals surface area (Å²) in [5.74, 6) is 0.287. The number of nitrogens with zero attached hydrogens (tertiary/aromatic N) is 1. The number of carbonyl (C=O) groups excluding carboxylic acids is 2. The van der Waals surface area contributed by atoms with E-state index in [1.807, 2.05) is 23.1 Å². The Labute approximate surface area is 119 Å². The first-order chi connectivity index (χ1) is 9.63. The van der Waals surface area contributed by atoms with Crippen LogP contribution in [0.2, 0.25) is 0 Å². The van der Waals surface area contributed by atoms with E-state index < -0.39 is 0 Å². The smallest absolute Gasteiger partial charge is 0.243 e. The van der Waals surface area contributed by atoms with E-state index >= 15 is 0 Å². The molecule has 0 fully saturated rings. The van der Waals surface area contributed by atoms with Crippen LogP contribution in [0.4, 0.5) is 5.69 Å². The minimum Gasteiger partial charge on any atom is -0.352 e. The zero-order valence-corrected chi connectivity index (χ0v) is 11.8. The van der Waals surface area contributed by atoms with Gasteiger partial charge in [0, 0.05) is 25.2 Å². The molecule has 2 rings (SSSR count). The fraction of sp³-hybridized carbons (Fsp3) is 0.375. The monoisotopic (exact) mass is 272 g/mol. The predicted octanol–water partition coefficient (Wildman–Crippen LogP) is 2.22. The van der Waals surface area contributed by atoms with E-state index in [0.717, 1.165) is 18.7 Å². The maximum Gasteiger partial charge on any atom is 0.243 e. The summed E-state index contributed by atoms with van der Waals surface area (Å²) < 4.78 is 0. The first kappa shape index (κ1) is 14.3. The second-order valence-electron chi connectivity index (χ2n) is 5.04. The standard InChI is InChI=1S/C16H20N2O2/c1-3-15(19)17-10-8-16(20)18-11-9-12(2)13-6-4-5-7-14(13)18/h3-7,12H,1,8-11H2,2H3,(H,17,19). The van der Waals surface area contributed by atoms with E-state index in [0.29, 0.717) is 18.9 Å². The van der Waals surface area contributed by atoms with E-state index in [9.17, 15) is 9.59 Å². The molecular formula is C16H20N2O2.